The average molecular weight is 717 g/mol. The molecule has 0 aliphatic heterocycles. The molecule has 0 bridgehead atoms. The molecule has 3 unspecified atom stereocenters. The van der Waals surface area contributed by atoms with Crippen LogP contribution in [0.3, 0.4) is 0 Å². The van der Waals surface area contributed by atoms with Crippen molar-refractivity contribution in [2.75, 3.05) is 26.3 Å². The third-order valence-corrected chi connectivity index (χ3v) is 9.55. The van der Waals surface area contributed by atoms with E-state index in [0.717, 1.165) is 64.2 Å². The van der Waals surface area contributed by atoms with E-state index >= 15 is 0 Å². The first-order valence-corrected chi connectivity index (χ1v) is 20.5. The van der Waals surface area contributed by atoms with Crippen LogP contribution in [-0.2, 0) is 23.9 Å². The maximum absolute atomic E-state index is 13.1. The van der Waals surface area contributed by atoms with E-state index in [2.05, 4.69) is 43.6 Å². The van der Waals surface area contributed by atoms with Gasteiger partial charge in [0.2, 0.25) is 5.91 Å². The number of alkyl halides is 1. The molecule has 0 aromatic heterocycles. The molecule has 6 nitrogen and oxygen atoms in total. The largest absolute Gasteiger partial charge is 0.464 e. The van der Waals surface area contributed by atoms with Crippen molar-refractivity contribution < 1.29 is 23.9 Å². The van der Waals surface area contributed by atoms with Crippen molar-refractivity contribution in [1.82, 2.24) is 4.90 Å². The summed E-state index contributed by atoms with van der Waals surface area (Å²) in [6.07, 6.45) is 27.2. The van der Waals surface area contributed by atoms with Crippen molar-refractivity contribution in [2.45, 2.75) is 194 Å². The Morgan fingerprint density at radius 2 is 0.783 bits per heavy atom. The molecular formula is C39H74BrNO5. The van der Waals surface area contributed by atoms with Crippen LogP contribution in [0.1, 0.15) is 189 Å². The lowest BCUT2D eigenvalue weighted by Crippen LogP contribution is -2.41. The first kappa shape index (κ1) is 44.9. The highest BCUT2D eigenvalue weighted by atomic mass is 79.9. The molecular weight excluding hydrogens is 642 g/mol. The summed E-state index contributed by atoms with van der Waals surface area (Å²) in [6.45, 7) is 11.6. The summed E-state index contributed by atoms with van der Waals surface area (Å²) < 4.78 is 11.5. The number of hydrogen-bond donors (Lipinski definition) is 0. The Morgan fingerprint density at radius 1 is 0.500 bits per heavy atom. The normalized spacial score (nSPS) is 13.3. The van der Waals surface area contributed by atoms with E-state index in [4.69, 9.17) is 9.47 Å². The molecule has 0 aromatic rings. The second-order valence-corrected chi connectivity index (χ2v) is 14.9. The molecule has 272 valence electrons. The Balaban J connectivity index is 4.95. The van der Waals surface area contributed by atoms with Gasteiger partial charge in [-0.25, -0.2) is 0 Å². The minimum absolute atomic E-state index is 0.0656. The summed E-state index contributed by atoms with van der Waals surface area (Å²) in [5, 5.41) is 0. The number of hydrogen-bond acceptors (Lipinski definition) is 5. The first-order valence-electron chi connectivity index (χ1n) is 19.6. The number of ether oxygens (including phenoxy) is 2. The Morgan fingerprint density at radius 3 is 1.09 bits per heavy atom. The molecule has 0 radical (unpaired) electrons. The molecule has 1 amide bonds. The number of amides is 1. The Kier molecular flexibility index (Phi) is 31.7. The SMILES string of the molecule is CCCCCCCCC(CCCCCC)C(=O)OCCN(CCOC(=O)C(CCCCCC)CCCCCCCC)C(=O)C(C)Br. The van der Waals surface area contributed by atoms with Crippen LogP contribution in [0.15, 0.2) is 0 Å². The smallest absolute Gasteiger partial charge is 0.308 e. The zero-order valence-corrected chi connectivity index (χ0v) is 32.5. The molecule has 0 saturated carbocycles. The number of unbranched alkanes of at least 4 members (excludes halogenated alkanes) is 16. The zero-order valence-electron chi connectivity index (χ0n) is 30.9. The predicted molar refractivity (Wildman–Crippen MR) is 197 cm³/mol. The van der Waals surface area contributed by atoms with Gasteiger partial charge in [0.25, 0.3) is 0 Å². The van der Waals surface area contributed by atoms with Gasteiger partial charge in [0.05, 0.1) is 29.8 Å². The van der Waals surface area contributed by atoms with Crippen molar-refractivity contribution in [3.05, 3.63) is 0 Å². The molecule has 0 heterocycles. The van der Waals surface area contributed by atoms with Crippen LogP contribution < -0.4 is 0 Å². The van der Waals surface area contributed by atoms with Gasteiger partial charge in [0, 0.05) is 0 Å². The van der Waals surface area contributed by atoms with Crippen molar-refractivity contribution in [1.29, 1.82) is 0 Å². The molecule has 0 aromatic carbocycles. The fourth-order valence-corrected chi connectivity index (χ4v) is 6.36. The van der Waals surface area contributed by atoms with Gasteiger partial charge in [0.15, 0.2) is 0 Å². The molecule has 0 fully saturated rings. The summed E-state index contributed by atoms with van der Waals surface area (Å²) in [4.78, 5) is 40.5. The number of esters is 2. The van der Waals surface area contributed by atoms with Crippen LogP contribution in [0.4, 0.5) is 0 Å². The maximum atomic E-state index is 13.1. The topological polar surface area (TPSA) is 72.9 Å². The number of carbonyl (C=O) groups is 3. The molecule has 46 heavy (non-hydrogen) atoms. The summed E-state index contributed by atoms with van der Waals surface area (Å²) in [6, 6.07) is 0. The second-order valence-electron chi connectivity index (χ2n) is 13.5. The van der Waals surface area contributed by atoms with Gasteiger partial charge in [-0.3, -0.25) is 14.4 Å². The molecule has 0 spiro atoms. The minimum Gasteiger partial charge on any atom is -0.464 e. The summed E-state index contributed by atoms with van der Waals surface area (Å²) in [5.41, 5.74) is 0. The molecule has 0 rings (SSSR count). The standard InChI is InChI=1S/C39H74BrNO5/c1-6-10-14-18-20-24-28-35(26-22-16-12-8-3)38(43)45-32-30-41(37(42)34(5)40)31-33-46-39(44)36(27-23-17-13-9-4)29-25-21-19-15-11-7-2/h34-36H,6-33H2,1-5H3. The van der Waals surface area contributed by atoms with Crippen LogP contribution in [0.25, 0.3) is 0 Å². The predicted octanol–water partition coefficient (Wildman–Crippen LogP) is 11.4. The summed E-state index contributed by atoms with van der Waals surface area (Å²) >= 11 is 3.41. The van der Waals surface area contributed by atoms with Crippen molar-refractivity contribution in [2.24, 2.45) is 11.8 Å². The number of rotatable bonds is 33. The Bertz CT molecular complexity index is 681. The fourth-order valence-electron chi connectivity index (χ4n) is 6.07. The first-order chi connectivity index (χ1) is 22.3. The maximum Gasteiger partial charge on any atom is 0.308 e. The molecule has 0 aliphatic rings. The lowest BCUT2D eigenvalue weighted by atomic mass is 9.94. The number of carbonyl (C=O) groups excluding carboxylic acids is 3. The van der Waals surface area contributed by atoms with Gasteiger partial charge in [-0.1, -0.05) is 172 Å². The lowest BCUT2D eigenvalue weighted by molar-refractivity contribution is -0.152. The third kappa shape index (κ3) is 25.0. The summed E-state index contributed by atoms with van der Waals surface area (Å²) in [7, 11) is 0. The second kappa shape index (κ2) is 32.4. The minimum atomic E-state index is -0.364. The monoisotopic (exact) mass is 715 g/mol. The van der Waals surface area contributed by atoms with E-state index < -0.39 is 0 Å². The van der Waals surface area contributed by atoms with E-state index in [9.17, 15) is 14.4 Å². The van der Waals surface area contributed by atoms with Crippen LogP contribution in [0.5, 0.6) is 0 Å². The number of halogens is 1. The highest BCUT2D eigenvalue weighted by Gasteiger charge is 2.24. The number of nitrogens with zero attached hydrogens (tertiary/aromatic N) is 1. The van der Waals surface area contributed by atoms with Crippen molar-refractivity contribution in [3.63, 3.8) is 0 Å². The van der Waals surface area contributed by atoms with Gasteiger partial charge in [-0.2, -0.15) is 0 Å². The lowest BCUT2D eigenvalue weighted by Gasteiger charge is -2.25. The van der Waals surface area contributed by atoms with Crippen LogP contribution in [-0.4, -0.2) is 53.9 Å². The average Bonchev–Trinajstić information content (AvgIpc) is 3.04. The molecule has 0 aliphatic carbocycles. The fraction of sp³-hybridized carbons (Fsp3) is 0.923. The van der Waals surface area contributed by atoms with E-state index in [1.165, 1.54) is 89.9 Å². The molecule has 3 atom stereocenters. The molecule has 7 heteroatoms. The Hall–Kier alpha value is -1.11. The van der Waals surface area contributed by atoms with Crippen LogP contribution >= 0.6 is 15.9 Å². The summed E-state index contributed by atoms with van der Waals surface area (Å²) in [5.74, 6) is -0.473. The molecule has 0 N–H and O–H groups in total. The zero-order chi connectivity index (χ0) is 34.3. The Labute approximate surface area is 293 Å². The van der Waals surface area contributed by atoms with Crippen molar-refractivity contribution in [3.8, 4) is 0 Å². The van der Waals surface area contributed by atoms with E-state index in [0.29, 0.717) is 13.1 Å². The molecule has 0 saturated heterocycles. The van der Waals surface area contributed by atoms with Gasteiger partial charge < -0.3 is 14.4 Å². The van der Waals surface area contributed by atoms with Gasteiger partial charge in [-0.15, -0.1) is 0 Å². The van der Waals surface area contributed by atoms with E-state index in [-0.39, 0.29) is 47.7 Å². The van der Waals surface area contributed by atoms with Crippen LogP contribution in [0.2, 0.25) is 0 Å². The van der Waals surface area contributed by atoms with Gasteiger partial charge >= 0.3 is 11.9 Å². The van der Waals surface area contributed by atoms with Gasteiger partial charge in [-0.05, 0) is 32.6 Å². The highest BCUT2D eigenvalue weighted by molar-refractivity contribution is 9.10. The quantitative estimate of drug-likeness (QED) is 0.0384. The highest BCUT2D eigenvalue weighted by Crippen LogP contribution is 2.22. The van der Waals surface area contributed by atoms with Crippen molar-refractivity contribution >= 4 is 33.8 Å². The van der Waals surface area contributed by atoms with E-state index in [1.54, 1.807) is 11.8 Å². The van der Waals surface area contributed by atoms with Gasteiger partial charge in [0.1, 0.15) is 13.2 Å². The van der Waals surface area contributed by atoms with Crippen LogP contribution in [0, 0.1) is 11.8 Å². The third-order valence-electron chi connectivity index (χ3n) is 9.15. The van der Waals surface area contributed by atoms with E-state index in [1.807, 2.05) is 0 Å².